The second-order valence-electron chi connectivity index (χ2n) is 6.09. The van der Waals surface area contributed by atoms with E-state index in [1.54, 1.807) is 31.5 Å². The SMILES string of the molecule is COc1cccc(C(=O)CSc2ncc(CO)n2C(C)c2ccccc2)c1. The molecule has 0 aliphatic carbocycles. The third-order valence-corrected chi connectivity index (χ3v) is 5.36. The quantitative estimate of drug-likeness (QED) is 0.472. The number of hydrogen-bond donors (Lipinski definition) is 1. The van der Waals surface area contributed by atoms with Gasteiger partial charge < -0.3 is 14.4 Å². The van der Waals surface area contributed by atoms with E-state index in [4.69, 9.17) is 4.74 Å². The van der Waals surface area contributed by atoms with Crippen LogP contribution in [0, 0.1) is 0 Å². The lowest BCUT2D eigenvalue weighted by molar-refractivity contribution is 0.102. The van der Waals surface area contributed by atoms with Crippen LogP contribution < -0.4 is 4.74 Å². The smallest absolute Gasteiger partial charge is 0.173 e. The molecule has 0 fully saturated rings. The Bertz CT molecular complexity index is 909. The van der Waals surface area contributed by atoms with Crippen LogP contribution in [0.25, 0.3) is 0 Å². The van der Waals surface area contributed by atoms with Gasteiger partial charge in [-0.3, -0.25) is 4.79 Å². The van der Waals surface area contributed by atoms with Crippen LogP contribution >= 0.6 is 11.8 Å². The number of aromatic nitrogens is 2. The molecule has 1 heterocycles. The molecule has 0 bridgehead atoms. The summed E-state index contributed by atoms with van der Waals surface area (Å²) < 4.78 is 7.17. The van der Waals surface area contributed by atoms with Crippen molar-refractivity contribution in [1.29, 1.82) is 0 Å². The van der Waals surface area contributed by atoms with Crippen LogP contribution in [-0.2, 0) is 6.61 Å². The van der Waals surface area contributed by atoms with E-state index in [1.807, 2.05) is 41.0 Å². The summed E-state index contributed by atoms with van der Waals surface area (Å²) in [6, 6.07) is 17.2. The lowest BCUT2D eigenvalue weighted by Gasteiger charge is -2.19. The number of nitrogens with zero attached hydrogens (tertiary/aromatic N) is 2. The highest BCUT2D eigenvalue weighted by molar-refractivity contribution is 7.99. The van der Waals surface area contributed by atoms with Crippen molar-refractivity contribution in [1.82, 2.24) is 9.55 Å². The van der Waals surface area contributed by atoms with Crippen molar-refractivity contribution in [3.05, 3.63) is 77.6 Å². The fourth-order valence-electron chi connectivity index (χ4n) is 2.91. The van der Waals surface area contributed by atoms with E-state index < -0.39 is 0 Å². The second-order valence-corrected chi connectivity index (χ2v) is 7.03. The average molecular weight is 382 g/mol. The van der Waals surface area contributed by atoms with Crippen LogP contribution in [-0.4, -0.2) is 33.3 Å². The molecule has 6 heteroatoms. The summed E-state index contributed by atoms with van der Waals surface area (Å²) in [5.41, 5.74) is 2.45. The molecule has 2 aromatic carbocycles. The molecule has 0 spiro atoms. The van der Waals surface area contributed by atoms with E-state index >= 15 is 0 Å². The molecular formula is C21H22N2O3S. The summed E-state index contributed by atoms with van der Waals surface area (Å²) in [5.74, 6) is 0.926. The van der Waals surface area contributed by atoms with Gasteiger partial charge in [0, 0.05) is 5.56 Å². The summed E-state index contributed by atoms with van der Waals surface area (Å²) in [6.07, 6.45) is 1.66. The predicted molar refractivity (Wildman–Crippen MR) is 106 cm³/mol. The molecule has 140 valence electrons. The van der Waals surface area contributed by atoms with E-state index in [0.717, 1.165) is 11.3 Å². The summed E-state index contributed by atoms with van der Waals surface area (Å²) in [7, 11) is 1.58. The van der Waals surface area contributed by atoms with Gasteiger partial charge >= 0.3 is 0 Å². The molecule has 3 aromatic rings. The second kappa shape index (κ2) is 8.88. The maximum Gasteiger partial charge on any atom is 0.173 e. The first-order valence-electron chi connectivity index (χ1n) is 8.66. The zero-order chi connectivity index (χ0) is 19.2. The van der Waals surface area contributed by atoms with Crippen LogP contribution in [0.5, 0.6) is 5.75 Å². The van der Waals surface area contributed by atoms with Gasteiger partial charge in [-0.2, -0.15) is 0 Å². The van der Waals surface area contributed by atoms with Gasteiger partial charge in [0.25, 0.3) is 0 Å². The predicted octanol–water partition coefficient (Wildman–Crippen LogP) is 3.97. The van der Waals surface area contributed by atoms with E-state index in [-0.39, 0.29) is 24.2 Å². The van der Waals surface area contributed by atoms with Crippen molar-refractivity contribution >= 4 is 17.5 Å². The number of benzene rings is 2. The number of carbonyl (C=O) groups excluding carboxylic acids is 1. The molecule has 0 saturated carbocycles. The highest BCUT2D eigenvalue weighted by Crippen LogP contribution is 2.28. The van der Waals surface area contributed by atoms with Crippen molar-refractivity contribution in [2.45, 2.75) is 24.7 Å². The molecule has 1 aromatic heterocycles. The number of imidazole rings is 1. The summed E-state index contributed by atoms with van der Waals surface area (Å²) in [6.45, 7) is 1.96. The van der Waals surface area contributed by atoms with Gasteiger partial charge in [0.2, 0.25) is 0 Å². The van der Waals surface area contributed by atoms with Crippen LogP contribution in [0.1, 0.15) is 34.6 Å². The van der Waals surface area contributed by atoms with E-state index in [1.165, 1.54) is 11.8 Å². The lowest BCUT2D eigenvalue weighted by Crippen LogP contribution is -2.12. The maximum absolute atomic E-state index is 12.6. The molecule has 1 N–H and O–H groups in total. The summed E-state index contributed by atoms with van der Waals surface area (Å²) in [4.78, 5) is 17.0. The largest absolute Gasteiger partial charge is 0.497 e. The van der Waals surface area contributed by atoms with Crippen molar-refractivity contribution in [3.8, 4) is 5.75 Å². The number of Topliss-reactive ketones (excluding diaryl/α,β-unsaturated/α-hetero) is 1. The van der Waals surface area contributed by atoms with Crippen LogP contribution in [0.4, 0.5) is 0 Å². The molecule has 0 saturated heterocycles. The van der Waals surface area contributed by atoms with E-state index in [2.05, 4.69) is 11.9 Å². The first kappa shape index (κ1) is 19.2. The molecule has 3 rings (SSSR count). The zero-order valence-electron chi connectivity index (χ0n) is 15.3. The third-order valence-electron chi connectivity index (χ3n) is 4.39. The molecule has 1 atom stereocenters. The van der Waals surface area contributed by atoms with Crippen LogP contribution in [0.15, 0.2) is 66.0 Å². The number of thioether (sulfide) groups is 1. The molecular weight excluding hydrogens is 360 g/mol. The number of ether oxygens (including phenoxy) is 1. The van der Waals surface area contributed by atoms with Gasteiger partial charge in [-0.05, 0) is 24.6 Å². The fraction of sp³-hybridized carbons (Fsp3) is 0.238. The Morgan fingerprint density at radius 2 is 2.00 bits per heavy atom. The summed E-state index contributed by atoms with van der Waals surface area (Å²) in [5, 5.41) is 10.4. The number of methoxy groups -OCH3 is 1. The minimum Gasteiger partial charge on any atom is -0.497 e. The van der Waals surface area contributed by atoms with Gasteiger partial charge in [0.1, 0.15) is 5.75 Å². The monoisotopic (exact) mass is 382 g/mol. The topological polar surface area (TPSA) is 64.3 Å². The Labute approximate surface area is 163 Å². The minimum atomic E-state index is -0.103. The number of carbonyl (C=O) groups is 1. The first-order valence-corrected chi connectivity index (χ1v) is 9.64. The summed E-state index contributed by atoms with van der Waals surface area (Å²) >= 11 is 1.37. The third kappa shape index (κ3) is 4.40. The van der Waals surface area contributed by atoms with Crippen molar-refractivity contribution in [3.63, 3.8) is 0 Å². The standard InChI is InChI=1S/C21H22N2O3S/c1-15(16-7-4-3-5-8-16)23-18(13-24)12-22-21(23)27-14-20(25)17-9-6-10-19(11-17)26-2/h3-12,15,24H,13-14H2,1-2H3. The van der Waals surface area contributed by atoms with Gasteiger partial charge in [-0.25, -0.2) is 4.98 Å². The minimum absolute atomic E-state index is 0.00488. The number of rotatable bonds is 8. The number of hydrogen-bond acceptors (Lipinski definition) is 5. The molecule has 0 amide bonds. The Kier molecular flexibility index (Phi) is 6.32. The zero-order valence-corrected chi connectivity index (χ0v) is 16.1. The van der Waals surface area contributed by atoms with Crippen molar-refractivity contribution in [2.75, 3.05) is 12.9 Å². The Morgan fingerprint density at radius 1 is 1.22 bits per heavy atom. The van der Waals surface area contributed by atoms with Gasteiger partial charge in [0.15, 0.2) is 10.9 Å². The number of aliphatic hydroxyl groups excluding tert-OH is 1. The van der Waals surface area contributed by atoms with Gasteiger partial charge in [-0.15, -0.1) is 0 Å². The normalized spacial score (nSPS) is 12.0. The Morgan fingerprint density at radius 3 is 2.70 bits per heavy atom. The molecule has 0 aliphatic rings. The fourth-order valence-corrected chi connectivity index (χ4v) is 3.87. The number of aliphatic hydroxyl groups is 1. The lowest BCUT2D eigenvalue weighted by atomic mass is 10.1. The Hall–Kier alpha value is -2.57. The van der Waals surface area contributed by atoms with Gasteiger partial charge in [-0.1, -0.05) is 54.2 Å². The van der Waals surface area contributed by atoms with E-state index in [0.29, 0.717) is 16.5 Å². The molecule has 0 aliphatic heterocycles. The van der Waals surface area contributed by atoms with Crippen molar-refractivity contribution in [2.24, 2.45) is 0 Å². The molecule has 1 unspecified atom stereocenters. The van der Waals surface area contributed by atoms with Gasteiger partial charge in [0.05, 0.1) is 37.4 Å². The molecule has 5 nitrogen and oxygen atoms in total. The first-order chi connectivity index (χ1) is 13.1. The maximum atomic E-state index is 12.6. The average Bonchev–Trinajstić information content (AvgIpc) is 3.15. The molecule has 27 heavy (non-hydrogen) atoms. The number of ketones is 1. The molecule has 0 radical (unpaired) electrons. The Balaban J connectivity index is 1.79. The van der Waals surface area contributed by atoms with Crippen molar-refractivity contribution < 1.29 is 14.6 Å². The highest BCUT2D eigenvalue weighted by atomic mass is 32.2. The van der Waals surface area contributed by atoms with Crippen LogP contribution in [0.2, 0.25) is 0 Å². The highest BCUT2D eigenvalue weighted by Gasteiger charge is 2.18. The van der Waals surface area contributed by atoms with E-state index in [9.17, 15) is 9.90 Å². The van der Waals surface area contributed by atoms with Crippen LogP contribution in [0.3, 0.4) is 0 Å².